The Balaban J connectivity index is 1.72. The van der Waals surface area contributed by atoms with Gasteiger partial charge in [-0.25, -0.2) is 0 Å². The molecular formula is C14H18BrNO2. The second kappa shape index (κ2) is 6.90. The van der Waals surface area contributed by atoms with E-state index in [1.54, 1.807) is 0 Å². The van der Waals surface area contributed by atoms with Crippen LogP contribution in [0.1, 0.15) is 29.7 Å². The van der Waals surface area contributed by atoms with Gasteiger partial charge in [-0.1, -0.05) is 46.3 Å². The summed E-state index contributed by atoms with van der Waals surface area (Å²) in [5, 5.41) is 2.94. The van der Waals surface area contributed by atoms with E-state index in [2.05, 4.69) is 21.2 Å². The molecule has 0 bridgehead atoms. The zero-order valence-electron chi connectivity index (χ0n) is 10.3. The van der Waals surface area contributed by atoms with E-state index in [0.717, 1.165) is 19.4 Å². The third-order valence-corrected chi connectivity index (χ3v) is 3.93. The van der Waals surface area contributed by atoms with E-state index >= 15 is 0 Å². The minimum atomic E-state index is 0.0716. The molecule has 98 valence electrons. The second-order valence-electron chi connectivity index (χ2n) is 4.52. The molecule has 1 saturated heterocycles. The van der Waals surface area contributed by atoms with Gasteiger partial charge in [0, 0.05) is 13.2 Å². The van der Waals surface area contributed by atoms with Crippen molar-refractivity contribution >= 4 is 21.8 Å². The van der Waals surface area contributed by atoms with Crippen molar-refractivity contribution in [1.82, 2.24) is 5.32 Å². The number of hydrogen-bond acceptors (Lipinski definition) is 2. The van der Waals surface area contributed by atoms with Gasteiger partial charge in [0.25, 0.3) is 0 Å². The lowest BCUT2D eigenvalue weighted by Gasteiger charge is -2.13. The molecule has 0 radical (unpaired) electrons. The molecule has 0 aromatic heterocycles. The van der Waals surface area contributed by atoms with Gasteiger partial charge in [-0.3, -0.25) is 4.79 Å². The lowest BCUT2D eigenvalue weighted by atomic mass is 10.1. The summed E-state index contributed by atoms with van der Waals surface area (Å²) in [5.74, 6) is 0.0716. The largest absolute Gasteiger partial charge is 0.378 e. The summed E-state index contributed by atoms with van der Waals surface area (Å²) in [6, 6.07) is 10.1. The first-order chi connectivity index (χ1) is 8.75. The Kier molecular flexibility index (Phi) is 5.20. The highest BCUT2D eigenvalue weighted by atomic mass is 79.9. The highest BCUT2D eigenvalue weighted by Crippen LogP contribution is 2.21. The highest BCUT2D eigenvalue weighted by Gasteiger charge is 2.19. The van der Waals surface area contributed by atoms with Crippen LogP contribution in [0.4, 0.5) is 0 Å². The number of alkyl halides is 1. The van der Waals surface area contributed by atoms with Crippen molar-refractivity contribution in [2.75, 3.05) is 13.2 Å². The van der Waals surface area contributed by atoms with Gasteiger partial charge in [0.1, 0.15) is 0 Å². The van der Waals surface area contributed by atoms with Crippen LogP contribution in [0.5, 0.6) is 0 Å². The minimum absolute atomic E-state index is 0.0716. The Hall–Kier alpha value is -0.870. The number of benzene rings is 1. The van der Waals surface area contributed by atoms with Crippen LogP contribution in [0.3, 0.4) is 0 Å². The zero-order valence-corrected chi connectivity index (χ0v) is 11.9. The lowest BCUT2D eigenvalue weighted by Crippen LogP contribution is -2.29. The number of ether oxygens (including phenoxy) is 1. The Bertz CT molecular complexity index is 377. The van der Waals surface area contributed by atoms with Crippen LogP contribution in [-0.4, -0.2) is 25.2 Å². The van der Waals surface area contributed by atoms with E-state index in [-0.39, 0.29) is 16.8 Å². The fourth-order valence-electron chi connectivity index (χ4n) is 2.07. The van der Waals surface area contributed by atoms with Gasteiger partial charge < -0.3 is 10.1 Å². The molecule has 3 nitrogen and oxygen atoms in total. The topological polar surface area (TPSA) is 38.3 Å². The van der Waals surface area contributed by atoms with Crippen LogP contribution in [-0.2, 0) is 9.53 Å². The summed E-state index contributed by atoms with van der Waals surface area (Å²) in [4.78, 5) is 11.9. The van der Waals surface area contributed by atoms with Gasteiger partial charge in [0.05, 0.1) is 17.4 Å². The van der Waals surface area contributed by atoms with E-state index in [4.69, 9.17) is 4.74 Å². The molecule has 1 fully saturated rings. The summed E-state index contributed by atoms with van der Waals surface area (Å²) in [5.41, 5.74) is 1.18. The second-order valence-corrected chi connectivity index (χ2v) is 5.63. The molecule has 1 amide bonds. The molecule has 0 spiro atoms. The fourth-order valence-corrected chi connectivity index (χ4v) is 2.53. The number of nitrogens with one attached hydrogen (secondary N) is 1. The predicted octanol–water partition coefficient (Wildman–Crippen LogP) is 2.81. The molecule has 18 heavy (non-hydrogen) atoms. The van der Waals surface area contributed by atoms with E-state index in [1.807, 2.05) is 30.3 Å². The van der Waals surface area contributed by atoms with Gasteiger partial charge in [-0.2, -0.15) is 0 Å². The van der Waals surface area contributed by atoms with Crippen LogP contribution < -0.4 is 5.32 Å². The fraction of sp³-hybridized carbons (Fsp3) is 0.500. The Morgan fingerprint density at radius 1 is 1.44 bits per heavy atom. The monoisotopic (exact) mass is 311 g/mol. The maximum atomic E-state index is 11.7. The highest BCUT2D eigenvalue weighted by molar-refractivity contribution is 9.09. The van der Waals surface area contributed by atoms with Gasteiger partial charge >= 0.3 is 0 Å². The molecular weight excluding hydrogens is 294 g/mol. The first-order valence-corrected chi connectivity index (χ1v) is 7.24. The van der Waals surface area contributed by atoms with Crippen LogP contribution in [0.25, 0.3) is 0 Å². The molecule has 4 heteroatoms. The molecule has 1 heterocycles. The van der Waals surface area contributed by atoms with Crippen LogP contribution in [0, 0.1) is 0 Å². The normalized spacial score (nSPS) is 20.6. The van der Waals surface area contributed by atoms with Crippen molar-refractivity contribution in [2.45, 2.75) is 30.2 Å². The number of carbonyl (C=O) groups excluding carboxylic acids is 1. The third kappa shape index (κ3) is 4.10. The summed E-state index contributed by atoms with van der Waals surface area (Å²) in [6.45, 7) is 1.40. The Morgan fingerprint density at radius 3 is 2.89 bits per heavy atom. The summed E-state index contributed by atoms with van der Waals surface area (Å²) in [7, 11) is 0. The van der Waals surface area contributed by atoms with Gasteiger partial charge in [0.15, 0.2) is 0 Å². The maximum absolute atomic E-state index is 11.7. The molecule has 1 aliphatic heterocycles. The van der Waals surface area contributed by atoms with Crippen molar-refractivity contribution < 1.29 is 9.53 Å². The molecule has 1 aromatic rings. The summed E-state index contributed by atoms with van der Waals surface area (Å²) in [6.07, 6.45) is 2.68. The molecule has 0 saturated carbocycles. The average Bonchev–Trinajstić information content (AvgIpc) is 2.90. The molecule has 1 N–H and O–H groups in total. The van der Waals surface area contributed by atoms with Crippen molar-refractivity contribution in [3.8, 4) is 0 Å². The van der Waals surface area contributed by atoms with E-state index < -0.39 is 0 Å². The van der Waals surface area contributed by atoms with Crippen molar-refractivity contribution in [3.05, 3.63) is 35.9 Å². The number of amides is 1. The number of carbonyl (C=O) groups is 1. The smallest absolute Gasteiger partial charge is 0.222 e. The van der Waals surface area contributed by atoms with Crippen LogP contribution in [0.2, 0.25) is 0 Å². The summed E-state index contributed by atoms with van der Waals surface area (Å²) < 4.78 is 5.44. The minimum Gasteiger partial charge on any atom is -0.378 e. The van der Waals surface area contributed by atoms with Crippen molar-refractivity contribution in [1.29, 1.82) is 0 Å². The van der Waals surface area contributed by atoms with Crippen molar-refractivity contribution in [3.63, 3.8) is 0 Å². The zero-order chi connectivity index (χ0) is 12.8. The SMILES string of the molecule is O=C(CC1CCCO1)NCC(Br)c1ccccc1. The van der Waals surface area contributed by atoms with Crippen LogP contribution >= 0.6 is 15.9 Å². The molecule has 2 rings (SSSR count). The third-order valence-electron chi connectivity index (χ3n) is 3.08. The average molecular weight is 312 g/mol. The summed E-state index contributed by atoms with van der Waals surface area (Å²) >= 11 is 3.58. The molecule has 1 aliphatic rings. The first kappa shape index (κ1) is 13.6. The standard InChI is InChI=1S/C14H18BrNO2/c15-13(11-5-2-1-3-6-11)10-16-14(17)9-12-7-4-8-18-12/h1-3,5-6,12-13H,4,7-10H2,(H,16,17). The van der Waals surface area contributed by atoms with Gasteiger partial charge in [0.2, 0.25) is 5.91 Å². The quantitative estimate of drug-likeness (QED) is 0.849. The van der Waals surface area contributed by atoms with E-state index in [1.165, 1.54) is 5.56 Å². The van der Waals surface area contributed by atoms with Gasteiger partial charge in [-0.15, -0.1) is 0 Å². The van der Waals surface area contributed by atoms with Crippen molar-refractivity contribution in [2.24, 2.45) is 0 Å². The lowest BCUT2D eigenvalue weighted by molar-refractivity contribution is -0.123. The number of hydrogen-bond donors (Lipinski definition) is 1. The maximum Gasteiger partial charge on any atom is 0.222 e. The molecule has 1 aromatic carbocycles. The van der Waals surface area contributed by atoms with E-state index in [0.29, 0.717) is 13.0 Å². The number of rotatable bonds is 5. The molecule has 2 atom stereocenters. The molecule has 0 aliphatic carbocycles. The first-order valence-electron chi connectivity index (χ1n) is 6.33. The van der Waals surface area contributed by atoms with Crippen LogP contribution in [0.15, 0.2) is 30.3 Å². The molecule has 2 unspecified atom stereocenters. The van der Waals surface area contributed by atoms with Gasteiger partial charge in [-0.05, 0) is 18.4 Å². The van der Waals surface area contributed by atoms with E-state index in [9.17, 15) is 4.79 Å². The Labute approximate surface area is 116 Å². The number of halogens is 1. The Morgan fingerprint density at radius 2 is 2.22 bits per heavy atom. The predicted molar refractivity (Wildman–Crippen MR) is 74.7 cm³/mol.